The number of benzene rings is 2. The number of amides is 1. The van der Waals surface area contributed by atoms with Crippen LogP contribution in [-0.4, -0.2) is 45.9 Å². The molecule has 0 aromatic heterocycles. The zero-order valence-corrected chi connectivity index (χ0v) is 19.8. The average molecular weight is 487 g/mol. The fraction of sp³-hybridized carbons (Fsp3) is 0.381. The zero-order valence-electron chi connectivity index (χ0n) is 17.4. The van der Waals surface area contributed by atoms with E-state index in [9.17, 15) is 13.2 Å². The lowest BCUT2D eigenvalue weighted by Gasteiger charge is -2.30. The van der Waals surface area contributed by atoms with Crippen molar-refractivity contribution in [3.05, 3.63) is 45.9 Å². The standard InChI is InChI=1S/C21H24Cl2N2O5S/c1-13-5-4-8-25(12-13)31(27,28)20-9-14(6-7-15(20)22)21(26)24-17-10-16(23)18(29-2)11-19(17)30-3/h6-7,9-11,13H,4-5,8,12H2,1-3H3,(H,24,26). The molecule has 1 atom stereocenters. The van der Waals surface area contributed by atoms with E-state index >= 15 is 0 Å². The number of rotatable bonds is 6. The third kappa shape index (κ3) is 5.09. The quantitative estimate of drug-likeness (QED) is 0.640. The van der Waals surface area contributed by atoms with Gasteiger partial charge in [0.2, 0.25) is 10.0 Å². The van der Waals surface area contributed by atoms with E-state index in [4.69, 9.17) is 32.7 Å². The van der Waals surface area contributed by atoms with E-state index in [1.54, 1.807) is 6.07 Å². The lowest BCUT2D eigenvalue weighted by Crippen LogP contribution is -2.39. The molecule has 31 heavy (non-hydrogen) atoms. The van der Waals surface area contributed by atoms with Gasteiger partial charge in [0.15, 0.2) is 0 Å². The SMILES string of the molecule is COc1cc(OC)c(NC(=O)c2ccc(Cl)c(S(=O)(=O)N3CCCC(C)C3)c2)cc1Cl. The van der Waals surface area contributed by atoms with Crippen LogP contribution in [0.15, 0.2) is 35.2 Å². The predicted molar refractivity (Wildman–Crippen MR) is 121 cm³/mol. The minimum Gasteiger partial charge on any atom is -0.495 e. The van der Waals surface area contributed by atoms with Crippen molar-refractivity contribution in [2.45, 2.75) is 24.7 Å². The maximum absolute atomic E-state index is 13.2. The van der Waals surface area contributed by atoms with Crippen LogP contribution in [0.5, 0.6) is 11.5 Å². The van der Waals surface area contributed by atoms with Gasteiger partial charge < -0.3 is 14.8 Å². The van der Waals surface area contributed by atoms with Crippen LogP contribution in [0.25, 0.3) is 0 Å². The maximum atomic E-state index is 13.2. The van der Waals surface area contributed by atoms with E-state index < -0.39 is 15.9 Å². The molecule has 168 valence electrons. The highest BCUT2D eigenvalue weighted by Gasteiger charge is 2.31. The van der Waals surface area contributed by atoms with Crippen molar-refractivity contribution in [2.24, 2.45) is 5.92 Å². The van der Waals surface area contributed by atoms with Crippen LogP contribution in [0.3, 0.4) is 0 Å². The van der Waals surface area contributed by atoms with Gasteiger partial charge in [-0.25, -0.2) is 8.42 Å². The van der Waals surface area contributed by atoms with Crippen molar-refractivity contribution in [1.82, 2.24) is 4.31 Å². The molecule has 1 aliphatic heterocycles. The molecule has 0 spiro atoms. The number of hydrogen-bond donors (Lipinski definition) is 1. The Morgan fingerprint density at radius 2 is 1.81 bits per heavy atom. The van der Waals surface area contributed by atoms with Gasteiger partial charge in [-0.2, -0.15) is 4.31 Å². The summed E-state index contributed by atoms with van der Waals surface area (Å²) in [5.41, 5.74) is 0.463. The van der Waals surface area contributed by atoms with Crippen molar-refractivity contribution in [2.75, 3.05) is 32.6 Å². The summed E-state index contributed by atoms with van der Waals surface area (Å²) >= 11 is 12.4. The smallest absolute Gasteiger partial charge is 0.255 e. The highest BCUT2D eigenvalue weighted by molar-refractivity contribution is 7.89. The maximum Gasteiger partial charge on any atom is 0.255 e. The molecule has 7 nitrogen and oxygen atoms in total. The monoisotopic (exact) mass is 486 g/mol. The molecule has 0 saturated carbocycles. The summed E-state index contributed by atoms with van der Waals surface area (Å²) in [6.45, 7) is 2.87. The summed E-state index contributed by atoms with van der Waals surface area (Å²) in [6.07, 6.45) is 1.77. The van der Waals surface area contributed by atoms with Crippen molar-refractivity contribution >= 4 is 44.8 Å². The summed E-state index contributed by atoms with van der Waals surface area (Å²) < 4.78 is 38.2. The van der Waals surface area contributed by atoms with Gasteiger partial charge in [-0.1, -0.05) is 30.1 Å². The number of hydrogen-bond acceptors (Lipinski definition) is 5. The third-order valence-electron chi connectivity index (χ3n) is 5.15. The first-order chi connectivity index (χ1) is 14.7. The van der Waals surface area contributed by atoms with E-state index in [2.05, 4.69) is 5.32 Å². The molecule has 0 radical (unpaired) electrons. The molecule has 1 N–H and O–H groups in total. The molecule has 2 aromatic rings. The summed E-state index contributed by atoms with van der Waals surface area (Å²) in [5.74, 6) is 0.478. The Bertz CT molecular complexity index is 1090. The lowest BCUT2D eigenvalue weighted by molar-refractivity contribution is 0.102. The molecule has 1 aliphatic rings. The summed E-state index contributed by atoms with van der Waals surface area (Å²) in [4.78, 5) is 12.8. The first-order valence-corrected chi connectivity index (χ1v) is 11.9. The Kier molecular flexibility index (Phi) is 7.36. The lowest BCUT2D eigenvalue weighted by atomic mass is 10.0. The van der Waals surface area contributed by atoms with Crippen LogP contribution in [0, 0.1) is 5.92 Å². The number of carbonyl (C=O) groups excluding carboxylic acids is 1. The molecule has 1 fully saturated rings. The Hall–Kier alpha value is -2.00. The molecule has 1 amide bonds. The van der Waals surface area contributed by atoms with Crippen molar-refractivity contribution in [3.63, 3.8) is 0 Å². The van der Waals surface area contributed by atoms with Crippen molar-refractivity contribution in [1.29, 1.82) is 0 Å². The van der Waals surface area contributed by atoms with Crippen molar-refractivity contribution < 1.29 is 22.7 Å². The molecule has 3 rings (SSSR count). The molecule has 1 heterocycles. The molecule has 10 heteroatoms. The first-order valence-electron chi connectivity index (χ1n) is 9.70. The Morgan fingerprint density at radius 1 is 1.10 bits per heavy atom. The highest BCUT2D eigenvalue weighted by atomic mass is 35.5. The minimum absolute atomic E-state index is 0.0693. The van der Waals surface area contributed by atoms with Crippen LogP contribution in [-0.2, 0) is 10.0 Å². The summed E-state index contributed by atoms with van der Waals surface area (Å²) in [7, 11) is -0.905. The molecule has 2 aromatic carbocycles. The fourth-order valence-electron chi connectivity index (χ4n) is 3.50. The molecule has 0 aliphatic carbocycles. The first kappa shape index (κ1) is 23.7. The number of sulfonamides is 1. The van der Waals surface area contributed by atoms with Gasteiger partial charge in [0.05, 0.1) is 30.0 Å². The number of anilines is 1. The van der Waals surface area contributed by atoms with Crippen LogP contribution < -0.4 is 14.8 Å². The second-order valence-electron chi connectivity index (χ2n) is 7.40. The van der Waals surface area contributed by atoms with E-state index in [1.165, 1.54) is 42.8 Å². The van der Waals surface area contributed by atoms with E-state index in [-0.39, 0.29) is 26.4 Å². The number of methoxy groups -OCH3 is 2. The highest BCUT2D eigenvalue weighted by Crippen LogP contribution is 2.36. The van der Waals surface area contributed by atoms with Crippen LogP contribution in [0.2, 0.25) is 10.0 Å². The van der Waals surface area contributed by atoms with E-state index in [1.807, 2.05) is 6.92 Å². The van der Waals surface area contributed by atoms with Crippen LogP contribution >= 0.6 is 23.2 Å². The number of carbonyl (C=O) groups is 1. The van der Waals surface area contributed by atoms with Gasteiger partial charge in [-0.05, 0) is 43.0 Å². The predicted octanol–water partition coefficient (Wildman–Crippen LogP) is 4.68. The second kappa shape index (κ2) is 9.65. The van der Waals surface area contributed by atoms with Gasteiger partial charge in [0, 0.05) is 24.7 Å². The number of halogens is 2. The summed E-state index contributed by atoms with van der Waals surface area (Å²) in [6, 6.07) is 7.22. The normalized spacial score (nSPS) is 17.3. The second-order valence-corrected chi connectivity index (χ2v) is 10.1. The number of nitrogens with zero attached hydrogens (tertiary/aromatic N) is 1. The zero-order chi connectivity index (χ0) is 22.8. The molecular weight excluding hydrogens is 463 g/mol. The average Bonchev–Trinajstić information content (AvgIpc) is 2.74. The Labute approximate surface area is 192 Å². The Morgan fingerprint density at radius 3 is 2.45 bits per heavy atom. The largest absolute Gasteiger partial charge is 0.495 e. The topological polar surface area (TPSA) is 84.9 Å². The molecule has 1 saturated heterocycles. The van der Waals surface area contributed by atoms with E-state index in [0.29, 0.717) is 30.3 Å². The third-order valence-corrected chi connectivity index (χ3v) is 7.80. The molecule has 1 unspecified atom stereocenters. The van der Waals surface area contributed by atoms with Gasteiger partial charge >= 0.3 is 0 Å². The minimum atomic E-state index is -3.82. The van der Waals surface area contributed by atoms with Gasteiger partial charge in [0.1, 0.15) is 16.4 Å². The van der Waals surface area contributed by atoms with E-state index in [0.717, 1.165) is 12.8 Å². The van der Waals surface area contributed by atoms with Gasteiger partial charge in [-0.15, -0.1) is 0 Å². The van der Waals surface area contributed by atoms with Gasteiger partial charge in [-0.3, -0.25) is 4.79 Å². The summed E-state index contributed by atoms with van der Waals surface area (Å²) in [5, 5.41) is 3.06. The fourth-order valence-corrected chi connectivity index (χ4v) is 5.84. The van der Waals surface area contributed by atoms with Gasteiger partial charge in [0.25, 0.3) is 5.91 Å². The number of ether oxygens (including phenoxy) is 2. The van der Waals surface area contributed by atoms with Crippen LogP contribution in [0.1, 0.15) is 30.1 Å². The number of piperidine rings is 1. The Balaban J connectivity index is 1.91. The molecular formula is C21H24Cl2N2O5S. The van der Waals surface area contributed by atoms with Crippen LogP contribution in [0.4, 0.5) is 5.69 Å². The number of nitrogens with one attached hydrogen (secondary N) is 1. The molecule has 0 bridgehead atoms. The van der Waals surface area contributed by atoms with Crippen molar-refractivity contribution in [3.8, 4) is 11.5 Å².